The summed E-state index contributed by atoms with van der Waals surface area (Å²) >= 11 is 0. The third-order valence-electron chi connectivity index (χ3n) is 5.19. The van der Waals surface area contributed by atoms with Crippen LogP contribution in [0.3, 0.4) is 0 Å². The van der Waals surface area contributed by atoms with E-state index in [0.717, 1.165) is 16.7 Å². The number of nitrogens with zero attached hydrogens (tertiary/aromatic N) is 1. The molecular formula is C28H29NO6. The Labute approximate surface area is 205 Å². The minimum absolute atomic E-state index is 0.206. The van der Waals surface area contributed by atoms with Crippen LogP contribution in [0, 0.1) is 0 Å². The van der Waals surface area contributed by atoms with Crippen LogP contribution in [0.15, 0.2) is 84.2 Å². The van der Waals surface area contributed by atoms with E-state index in [1.54, 1.807) is 7.11 Å². The maximum absolute atomic E-state index is 12.2. The van der Waals surface area contributed by atoms with E-state index in [-0.39, 0.29) is 6.61 Å². The van der Waals surface area contributed by atoms with Gasteiger partial charge in [0.2, 0.25) is 0 Å². The van der Waals surface area contributed by atoms with Crippen LogP contribution in [0.5, 0.6) is 11.5 Å². The van der Waals surface area contributed by atoms with Gasteiger partial charge in [0.15, 0.2) is 11.5 Å². The number of ether oxygens (including phenoxy) is 4. The summed E-state index contributed by atoms with van der Waals surface area (Å²) in [6.45, 7) is 2.46. The van der Waals surface area contributed by atoms with Crippen molar-refractivity contribution in [1.29, 1.82) is 0 Å². The molecule has 0 aliphatic rings. The molecule has 0 spiro atoms. The number of benzene rings is 3. The molecule has 0 saturated heterocycles. The quantitative estimate of drug-likeness (QED) is 0.122. The third-order valence-corrected chi connectivity index (χ3v) is 5.19. The van der Waals surface area contributed by atoms with E-state index < -0.39 is 5.97 Å². The lowest BCUT2D eigenvalue weighted by Crippen LogP contribution is -2.08. The summed E-state index contributed by atoms with van der Waals surface area (Å²) in [6, 6.07) is 22.8. The van der Waals surface area contributed by atoms with Crippen molar-refractivity contribution in [1.82, 2.24) is 0 Å². The van der Waals surface area contributed by atoms with Crippen LogP contribution >= 0.6 is 0 Å². The summed E-state index contributed by atoms with van der Waals surface area (Å²) in [5.74, 6) is 0.614. The average molecular weight is 476 g/mol. The van der Waals surface area contributed by atoms with Crippen molar-refractivity contribution in [3.63, 3.8) is 0 Å². The van der Waals surface area contributed by atoms with Crippen molar-refractivity contribution in [3.05, 3.63) is 101 Å². The monoisotopic (exact) mass is 475 g/mol. The van der Waals surface area contributed by atoms with E-state index in [4.69, 9.17) is 23.8 Å². The standard InChI is InChI=1S/C28H29NO6/c1-20(29-35-17-21-10-6-5-7-11-21)22-14-15-26(27(16-22)32-3)34-18-23-12-8-9-13-24(23)25(19-31-2)28(30)33-4/h5-16,19H,17-18H2,1-4H3. The third kappa shape index (κ3) is 6.86. The molecule has 0 aromatic heterocycles. The van der Waals surface area contributed by atoms with Crippen molar-refractivity contribution in [2.75, 3.05) is 21.3 Å². The van der Waals surface area contributed by atoms with Crippen LogP contribution < -0.4 is 9.47 Å². The molecule has 7 nitrogen and oxygen atoms in total. The van der Waals surface area contributed by atoms with E-state index in [1.165, 1.54) is 20.5 Å². The molecule has 0 amide bonds. The topological polar surface area (TPSA) is 75.6 Å². The van der Waals surface area contributed by atoms with Gasteiger partial charge in [-0.25, -0.2) is 4.79 Å². The Morgan fingerprint density at radius 3 is 2.34 bits per heavy atom. The predicted octanol–water partition coefficient (Wildman–Crippen LogP) is 5.38. The maximum Gasteiger partial charge on any atom is 0.341 e. The number of esters is 1. The molecule has 0 aliphatic heterocycles. The fourth-order valence-corrected chi connectivity index (χ4v) is 3.36. The molecule has 3 rings (SSSR count). The number of carbonyl (C=O) groups is 1. The summed E-state index contributed by atoms with van der Waals surface area (Å²) < 4.78 is 21.6. The maximum atomic E-state index is 12.2. The average Bonchev–Trinajstić information content (AvgIpc) is 2.90. The lowest BCUT2D eigenvalue weighted by atomic mass is 10.0. The van der Waals surface area contributed by atoms with Crippen LogP contribution in [-0.4, -0.2) is 33.0 Å². The molecule has 0 heterocycles. The van der Waals surface area contributed by atoms with Gasteiger partial charge in [0.25, 0.3) is 0 Å². The highest BCUT2D eigenvalue weighted by Crippen LogP contribution is 2.30. The van der Waals surface area contributed by atoms with Gasteiger partial charge in [-0.15, -0.1) is 0 Å². The Morgan fingerprint density at radius 1 is 0.886 bits per heavy atom. The Hall–Kier alpha value is -4.26. The van der Waals surface area contributed by atoms with Gasteiger partial charge in [-0.2, -0.15) is 0 Å². The van der Waals surface area contributed by atoms with Gasteiger partial charge in [0.05, 0.1) is 33.3 Å². The molecule has 0 fully saturated rings. The molecular weight excluding hydrogens is 446 g/mol. The second-order valence-electron chi connectivity index (χ2n) is 7.51. The molecule has 0 atom stereocenters. The molecule has 0 bridgehead atoms. The first-order valence-electron chi connectivity index (χ1n) is 11.0. The van der Waals surface area contributed by atoms with E-state index in [1.807, 2.05) is 79.7 Å². The smallest absolute Gasteiger partial charge is 0.341 e. The zero-order valence-corrected chi connectivity index (χ0v) is 20.3. The number of methoxy groups -OCH3 is 3. The largest absolute Gasteiger partial charge is 0.503 e. The second-order valence-corrected chi connectivity index (χ2v) is 7.51. The Kier molecular flexibility index (Phi) is 9.31. The number of rotatable bonds is 11. The molecule has 3 aromatic carbocycles. The summed E-state index contributed by atoms with van der Waals surface area (Å²) in [7, 11) is 4.39. The molecule has 182 valence electrons. The molecule has 0 aliphatic carbocycles. The van der Waals surface area contributed by atoms with E-state index in [2.05, 4.69) is 5.16 Å². The molecule has 0 saturated carbocycles. The number of carbonyl (C=O) groups excluding carboxylic acids is 1. The van der Waals surface area contributed by atoms with Gasteiger partial charge in [-0.05, 0) is 41.8 Å². The van der Waals surface area contributed by atoms with Gasteiger partial charge in [0.1, 0.15) is 18.8 Å². The molecule has 0 N–H and O–H groups in total. The van der Waals surface area contributed by atoms with Crippen LogP contribution in [0.4, 0.5) is 0 Å². The minimum atomic E-state index is -0.495. The van der Waals surface area contributed by atoms with Gasteiger partial charge >= 0.3 is 5.97 Å². The Bertz CT molecular complexity index is 1190. The fraction of sp³-hybridized carbons (Fsp3) is 0.214. The number of hydrogen-bond acceptors (Lipinski definition) is 7. The highest BCUT2D eigenvalue weighted by Gasteiger charge is 2.17. The zero-order chi connectivity index (χ0) is 25.0. The molecule has 3 aromatic rings. The van der Waals surface area contributed by atoms with Gasteiger partial charge in [-0.3, -0.25) is 0 Å². The van der Waals surface area contributed by atoms with Crippen LogP contribution in [0.1, 0.15) is 29.2 Å². The number of oxime groups is 1. The highest BCUT2D eigenvalue weighted by atomic mass is 16.6. The molecule has 0 radical (unpaired) electrons. The first-order chi connectivity index (χ1) is 17.1. The molecule has 35 heavy (non-hydrogen) atoms. The van der Waals surface area contributed by atoms with Crippen LogP contribution in [0.2, 0.25) is 0 Å². The summed E-state index contributed by atoms with van der Waals surface area (Å²) in [5, 5.41) is 4.22. The van der Waals surface area contributed by atoms with Crippen LogP contribution in [-0.2, 0) is 32.3 Å². The zero-order valence-electron chi connectivity index (χ0n) is 20.3. The second kappa shape index (κ2) is 12.8. The SMILES string of the molecule is COC=C(C(=O)OC)c1ccccc1COc1ccc(C(C)=NOCc2ccccc2)cc1OC. The van der Waals surface area contributed by atoms with Crippen molar-refractivity contribution in [3.8, 4) is 11.5 Å². The predicted molar refractivity (Wildman–Crippen MR) is 134 cm³/mol. The Balaban J connectivity index is 1.74. The first-order valence-corrected chi connectivity index (χ1v) is 11.0. The van der Waals surface area contributed by atoms with Crippen molar-refractivity contribution >= 4 is 17.3 Å². The van der Waals surface area contributed by atoms with Crippen molar-refractivity contribution in [2.24, 2.45) is 5.16 Å². The van der Waals surface area contributed by atoms with Crippen molar-refractivity contribution < 1.29 is 28.6 Å². The van der Waals surface area contributed by atoms with E-state index in [9.17, 15) is 4.79 Å². The minimum Gasteiger partial charge on any atom is -0.503 e. The molecule has 7 heteroatoms. The van der Waals surface area contributed by atoms with Crippen molar-refractivity contribution in [2.45, 2.75) is 20.1 Å². The highest BCUT2D eigenvalue weighted by molar-refractivity contribution is 6.16. The van der Waals surface area contributed by atoms with Gasteiger partial charge < -0.3 is 23.8 Å². The normalized spacial score (nSPS) is 11.5. The van der Waals surface area contributed by atoms with Gasteiger partial charge in [-0.1, -0.05) is 59.8 Å². The summed E-state index contributed by atoms with van der Waals surface area (Å²) in [5.41, 5.74) is 4.36. The summed E-state index contributed by atoms with van der Waals surface area (Å²) in [6.07, 6.45) is 1.36. The Morgan fingerprint density at radius 2 is 1.63 bits per heavy atom. The fourth-order valence-electron chi connectivity index (χ4n) is 3.36. The van der Waals surface area contributed by atoms with E-state index in [0.29, 0.717) is 35.0 Å². The summed E-state index contributed by atoms with van der Waals surface area (Å²) in [4.78, 5) is 17.7. The first kappa shape index (κ1) is 25.4. The molecule has 0 unspecified atom stereocenters. The number of hydrogen-bond donors (Lipinski definition) is 0. The van der Waals surface area contributed by atoms with Crippen LogP contribution in [0.25, 0.3) is 5.57 Å². The lowest BCUT2D eigenvalue weighted by molar-refractivity contribution is -0.133. The lowest BCUT2D eigenvalue weighted by Gasteiger charge is -2.15. The van der Waals surface area contributed by atoms with Gasteiger partial charge in [0, 0.05) is 5.56 Å². The van der Waals surface area contributed by atoms with E-state index >= 15 is 0 Å².